The first-order valence-corrected chi connectivity index (χ1v) is 6.73. The maximum Gasteiger partial charge on any atom is 0.143 e. The molecule has 0 aliphatic rings. The molecule has 3 rings (SSSR count). The highest BCUT2D eigenvalue weighted by Crippen LogP contribution is 2.36. The Hall–Kier alpha value is -1.59. The minimum absolute atomic E-state index is 0.815. The van der Waals surface area contributed by atoms with E-state index in [1.54, 1.807) is 35.5 Å². The molecule has 5 heteroatoms. The van der Waals surface area contributed by atoms with E-state index < -0.39 is 0 Å². The van der Waals surface area contributed by atoms with Crippen LogP contribution in [0.1, 0.15) is 5.82 Å². The average Bonchev–Trinajstić information content (AvgIpc) is 3.00. The Morgan fingerprint density at radius 2 is 2.24 bits per heavy atom. The van der Waals surface area contributed by atoms with E-state index in [9.17, 15) is 0 Å². The number of H-pyrrole nitrogens is 1. The number of rotatable bonds is 3. The zero-order chi connectivity index (χ0) is 11.7. The van der Waals surface area contributed by atoms with E-state index in [2.05, 4.69) is 33.0 Å². The van der Waals surface area contributed by atoms with Crippen molar-refractivity contribution < 1.29 is 0 Å². The molecule has 0 saturated carbocycles. The highest BCUT2D eigenvalue weighted by atomic mass is 32.2. The van der Waals surface area contributed by atoms with Crippen LogP contribution in [-0.4, -0.2) is 15.0 Å². The van der Waals surface area contributed by atoms with Crippen molar-refractivity contribution in [3.8, 4) is 0 Å². The fourth-order valence-electron chi connectivity index (χ4n) is 1.54. The van der Waals surface area contributed by atoms with E-state index in [4.69, 9.17) is 0 Å². The predicted molar refractivity (Wildman–Crippen MR) is 73.1 cm³/mol. The Morgan fingerprint density at radius 3 is 3.06 bits per heavy atom. The third-order valence-corrected chi connectivity index (χ3v) is 4.16. The summed E-state index contributed by atoms with van der Waals surface area (Å²) < 4.78 is 0. The summed E-state index contributed by atoms with van der Waals surface area (Å²) in [6.45, 7) is 4.04. The fourth-order valence-corrected chi connectivity index (χ4v) is 3.24. The molecule has 0 radical (unpaired) electrons. The Morgan fingerprint density at radius 1 is 1.29 bits per heavy atom. The molecular formula is C12H9N3S2. The van der Waals surface area contributed by atoms with Gasteiger partial charge in [0, 0.05) is 33.8 Å². The van der Waals surface area contributed by atoms with Crippen LogP contribution in [-0.2, 0) is 0 Å². The van der Waals surface area contributed by atoms with E-state index in [1.165, 1.54) is 5.39 Å². The second kappa shape index (κ2) is 4.35. The molecule has 0 saturated heterocycles. The zero-order valence-corrected chi connectivity index (χ0v) is 10.5. The summed E-state index contributed by atoms with van der Waals surface area (Å²) >= 11 is 3.26. The predicted octanol–water partition coefficient (Wildman–Crippen LogP) is 3.78. The van der Waals surface area contributed by atoms with Gasteiger partial charge >= 0.3 is 0 Å². The summed E-state index contributed by atoms with van der Waals surface area (Å²) in [6.07, 6.45) is 5.36. The topological polar surface area (TPSA) is 41.6 Å². The lowest BCUT2D eigenvalue weighted by molar-refractivity contribution is 1.26. The molecule has 3 aromatic heterocycles. The number of thioether (sulfide) groups is 1. The molecule has 0 atom stereocenters. The third kappa shape index (κ3) is 1.99. The Balaban J connectivity index is 1.95. The number of imidazole rings is 1. The van der Waals surface area contributed by atoms with Crippen LogP contribution in [0, 0.1) is 0 Å². The molecule has 1 N–H and O–H groups in total. The summed E-state index contributed by atoms with van der Waals surface area (Å²) in [4.78, 5) is 14.7. The maximum atomic E-state index is 4.32. The SMILES string of the molecule is C=C(Sc1ccnc2sccc12)c1ncc[nH]1. The number of aromatic nitrogens is 3. The second-order valence-electron chi connectivity index (χ2n) is 3.41. The molecule has 0 aromatic carbocycles. The van der Waals surface area contributed by atoms with E-state index in [0.717, 1.165) is 20.5 Å². The number of pyridine rings is 1. The summed E-state index contributed by atoms with van der Waals surface area (Å²) in [6, 6.07) is 4.10. The van der Waals surface area contributed by atoms with Gasteiger partial charge in [-0.15, -0.1) is 11.3 Å². The number of nitrogens with zero attached hydrogens (tertiary/aromatic N) is 2. The first-order valence-electron chi connectivity index (χ1n) is 5.03. The molecule has 84 valence electrons. The van der Waals surface area contributed by atoms with E-state index in [-0.39, 0.29) is 0 Å². The number of thiophene rings is 1. The van der Waals surface area contributed by atoms with Crippen molar-refractivity contribution in [3.63, 3.8) is 0 Å². The molecule has 0 bridgehead atoms. The molecule has 0 spiro atoms. The Kier molecular flexibility index (Phi) is 2.70. The minimum atomic E-state index is 0.815. The normalized spacial score (nSPS) is 10.8. The van der Waals surface area contributed by atoms with Gasteiger partial charge < -0.3 is 4.98 Å². The van der Waals surface area contributed by atoms with E-state index in [0.29, 0.717) is 0 Å². The lowest BCUT2D eigenvalue weighted by Crippen LogP contribution is -1.82. The van der Waals surface area contributed by atoms with Crippen molar-refractivity contribution in [2.75, 3.05) is 0 Å². The lowest BCUT2D eigenvalue weighted by atomic mass is 10.3. The van der Waals surface area contributed by atoms with Gasteiger partial charge in [0.1, 0.15) is 10.7 Å². The second-order valence-corrected chi connectivity index (χ2v) is 5.44. The molecule has 0 fully saturated rings. The van der Waals surface area contributed by atoms with Crippen LogP contribution in [0.25, 0.3) is 15.1 Å². The van der Waals surface area contributed by atoms with Crippen molar-refractivity contribution in [3.05, 3.63) is 48.5 Å². The number of hydrogen-bond acceptors (Lipinski definition) is 4. The molecule has 0 amide bonds. The monoisotopic (exact) mass is 259 g/mol. The molecule has 3 heterocycles. The smallest absolute Gasteiger partial charge is 0.143 e. The van der Waals surface area contributed by atoms with Crippen molar-refractivity contribution in [2.24, 2.45) is 0 Å². The fraction of sp³-hybridized carbons (Fsp3) is 0. The Labute approximate surface area is 107 Å². The first kappa shape index (κ1) is 10.6. The summed E-state index contributed by atoms with van der Waals surface area (Å²) in [5, 5.41) is 3.23. The largest absolute Gasteiger partial charge is 0.344 e. The van der Waals surface area contributed by atoms with Crippen LogP contribution in [0.5, 0.6) is 0 Å². The number of nitrogens with one attached hydrogen (secondary N) is 1. The van der Waals surface area contributed by atoms with Gasteiger partial charge in [-0.05, 0) is 17.5 Å². The van der Waals surface area contributed by atoms with Gasteiger partial charge in [0.05, 0.1) is 0 Å². The van der Waals surface area contributed by atoms with Gasteiger partial charge in [-0.25, -0.2) is 9.97 Å². The van der Waals surface area contributed by atoms with Crippen LogP contribution in [0.4, 0.5) is 0 Å². The Bertz CT molecular complexity index is 655. The molecule has 0 aliphatic heterocycles. The van der Waals surface area contributed by atoms with E-state index >= 15 is 0 Å². The summed E-state index contributed by atoms with van der Waals surface area (Å²) in [5.74, 6) is 0.815. The van der Waals surface area contributed by atoms with Gasteiger partial charge in [0.2, 0.25) is 0 Å². The van der Waals surface area contributed by atoms with Gasteiger partial charge in [0.15, 0.2) is 0 Å². The molecular weight excluding hydrogens is 250 g/mol. The molecule has 0 aliphatic carbocycles. The number of aromatic amines is 1. The highest BCUT2D eigenvalue weighted by Gasteiger charge is 2.08. The summed E-state index contributed by atoms with van der Waals surface area (Å²) in [5.41, 5.74) is 0. The van der Waals surface area contributed by atoms with Crippen molar-refractivity contribution in [1.29, 1.82) is 0 Å². The quantitative estimate of drug-likeness (QED) is 0.728. The van der Waals surface area contributed by atoms with Crippen LogP contribution < -0.4 is 0 Å². The van der Waals surface area contributed by atoms with Gasteiger partial charge in [-0.2, -0.15) is 0 Å². The van der Waals surface area contributed by atoms with Gasteiger partial charge in [-0.1, -0.05) is 18.3 Å². The average molecular weight is 259 g/mol. The standard InChI is InChI=1S/C12H9N3S2/c1-8(11-13-5-6-14-11)17-10-2-4-15-12-9(10)3-7-16-12/h2-7H,1H2,(H,13,14). The minimum Gasteiger partial charge on any atom is -0.344 e. The van der Waals surface area contributed by atoms with Crippen molar-refractivity contribution in [2.45, 2.75) is 4.90 Å². The maximum absolute atomic E-state index is 4.32. The number of fused-ring (bicyclic) bond motifs is 1. The third-order valence-electron chi connectivity index (χ3n) is 2.32. The van der Waals surface area contributed by atoms with Crippen molar-refractivity contribution in [1.82, 2.24) is 15.0 Å². The zero-order valence-electron chi connectivity index (χ0n) is 8.88. The van der Waals surface area contributed by atoms with Crippen LogP contribution in [0.2, 0.25) is 0 Å². The highest BCUT2D eigenvalue weighted by molar-refractivity contribution is 8.08. The van der Waals surface area contributed by atoms with Crippen molar-refractivity contribution >= 4 is 38.2 Å². The van der Waals surface area contributed by atoms with Crippen LogP contribution >= 0.6 is 23.1 Å². The lowest BCUT2D eigenvalue weighted by Gasteiger charge is -2.03. The summed E-state index contributed by atoms with van der Waals surface area (Å²) in [7, 11) is 0. The van der Waals surface area contributed by atoms with E-state index in [1.807, 2.05) is 12.3 Å². The molecule has 17 heavy (non-hydrogen) atoms. The molecule has 0 unspecified atom stereocenters. The van der Waals surface area contributed by atoms with Gasteiger partial charge in [0.25, 0.3) is 0 Å². The van der Waals surface area contributed by atoms with Gasteiger partial charge in [-0.3, -0.25) is 0 Å². The first-order chi connectivity index (χ1) is 8.34. The number of hydrogen-bond donors (Lipinski definition) is 1. The van der Waals surface area contributed by atoms with Crippen LogP contribution in [0.3, 0.4) is 0 Å². The molecule has 3 nitrogen and oxygen atoms in total. The van der Waals surface area contributed by atoms with Crippen LogP contribution in [0.15, 0.2) is 47.6 Å². The molecule has 3 aromatic rings.